The topological polar surface area (TPSA) is 57.5 Å². The highest BCUT2D eigenvalue weighted by Gasteiger charge is 2.13. The second-order valence-electron chi connectivity index (χ2n) is 7.49. The Morgan fingerprint density at radius 1 is 1.21 bits per heavy atom. The van der Waals surface area contributed by atoms with Crippen molar-refractivity contribution >= 4 is 35.6 Å². The average Bonchev–Trinajstić information content (AvgIpc) is 2.93. The van der Waals surface area contributed by atoms with Crippen molar-refractivity contribution in [2.45, 2.75) is 46.1 Å². The van der Waals surface area contributed by atoms with Gasteiger partial charge in [-0.15, -0.1) is 24.0 Å². The van der Waals surface area contributed by atoms with Crippen molar-refractivity contribution in [3.8, 4) is 0 Å². The summed E-state index contributed by atoms with van der Waals surface area (Å²) in [6.45, 7) is 8.36. The third-order valence-electron chi connectivity index (χ3n) is 5.19. The minimum absolute atomic E-state index is 0. The summed E-state index contributed by atoms with van der Waals surface area (Å²) in [6, 6.07) is 10.8. The first kappa shape index (κ1) is 25.3. The Morgan fingerprint density at radius 3 is 2.48 bits per heavy atom. The maximum Gasteiger partial charge on any atom is 0.191 e. The second kappa shape index (κ2) is 12.7. The van der Waals surface area contributed by atoms with Crippen molar-refractivity contribution in [3.05, 3.63) is 47.3 Å². The molecule has 1 aromatic carbocycles. The van der Waals surface area contributed by atoms with E-state index in [1.165, 1.54) is 16.9 Å². The lowest BCUT2D eigenvalue weighted by atomic mass is 10.1. The molecule has 2 aromatic rings. The zero-order valence-electron chi connectivity index (χ0n) is 18.7. The third kappa shape index (κ3) is 7.87. The number of guanidine groups is 1. The fraction of sp³-hybridized carbons (Fsp3) is 0.545. The lowest BCUT2D eigenvalue weighted by Gasteiger charge is -2.20. The van der Waals surface area contributed by atoms with Gasteiger partial charge in [-0.05, 0) is 57.7 Å². The van der Waals surface area contributed by atoms with E-state index in [2.05, 4.69) is 83.8 Å². The maximum absolute atomic E-state index is 4.51. The van der Waals surface area contributed by atoms with E-state index < -0.39 is 0 Å². The van der Waals surface area contributed by atoms with Crippen molar-refractivity contribution in [2.75, 3.05) is 32.1 Å². The number of aliphatic imine (C=N–C) groups is 1. The fourth-order valence-electron chi connectivity index (χ4n) is 3.39. The molecule has 1 unspecified atom stereocenters. The standard InChI is InChI=1S/C22H36N6.HI/c1-17(16-21-18(2)26-28(6)19(21)3)25-22(23-4)24-14-10-11-15-27(5)20-12-8-7-9-13-20;/h7-9,12-13,17H,10-11,14-16H2,1-6H3,(H2,23,24,25);1H. The van der Waals surface area contributed by atoms with Crippen molar-refractivity contribution in [1.29, 1.82) is 0 Å². The molecule has 0 bridgehead atoms. The number of aromatic nitrogens is 2. The number of hydrogen-bond donors (Lipinski definition) is 2. The molecule has 0 radical (unpaired) electrons. The Bertz CT molecular complexity index is 756. The van der Waals surface area contributed by atoms with Gasteiger partial charge in [0.15, 0.2) is 5.96 Å². The van der Waals surface area contributed by atoms with E-state index in [9.17, 15) is 0 Å². The van der Waals surface area contributed by atoms with Crippen molar-refractivity contribution < 1.29 is 0 Å². The molecule has 1 aromatic heterocycles. The molecule has 0 aliphatic carbocycles. The van der Waals surface area contributed by atoms with Crippen LogP contribution in [-0.2, 0) is 13.5 Å². The van der Waals surface area contributed by atoms with Crippen LogP contribution in [0.5, 0.6) is 0 Å². The van der Waals surface area contributed by atoms with Crippen LogP contribution in [0.1, 0.15) is 36.7 Å². The van der Waals surface area contributed by atoms with Gasteiger partial charge < -0.3 is 15.5 Å². The number of rotatable bonds is 9. The van der Waals surface area contributed by atoms with E-state index in [0.717, 1.165) is 44.0 Å². The van der Waals surface area contributed by atoms with E-state index in [4.69, 9.17) is 0 Å². The zero-order valence-corrected chi connectivity index (χ0v) is 21.0. The highest BCUT2D eigenvalue weighted by molar-refractivity contribution is 14.0. The molecule has 29 heavy (non-hydrogen) atoms. The molecule has 0 amide bonds. The number of benzene rings is 1. The van der Waals surface area contributed by atoms with Gasteiger partial charge in [-0.1, -0.05) is 18.2 Å². The quantitative estimate of drug-likeness (QED) is 0.233. The van der Waals surface area contributed by atoms with Crippen LogP contribution >= 0.6 is 24.0 Å². The molecule has 0 saturated carbocycles. The molecule has 162 valence electrons. The number of unbranched alkanes of at least 4 members (excludes halogenated alkanes) is 1. The van der Waals surface area contributed by atoms with Gasteiger partial charge in [-0.3, -0.25) is 9.67 Å². The first-order valence-corrected chi connectivity index (χ1v) is 10.1. The molecule has 6 nitrogen and oxygen atoms in total. The summed E-state index contributed by atoms with van der Waals surface area (Å²) < 4.78 is 1.96. The van der Waals surface area contributed by atoms with E-state index >= 15 is 0 Å². The molecule has 2 N–H and O–H groups in total. The van der Waals surface area contributed by atoms with Crippen LogP contribution in [0.4, 0.5) is 5.69 Å². The zero-order chi connectivity index (χ0) is 20.5. The van der Waals surface area contributed by atoms with Crippen LogP contribution in [0.25, 0.3) is 0 Å². The molecular weight excluding hydrogens is 475 g/mol. The predicted molar refractivity (Wildman–Crippen MR) is 135 cm³/mol. The first-order valence-electron chi connectivity index (χ1n) is 10.1. The summed E-state index contributed by atoms with van der Waals surface area (Å²) in [7, 11) is 5.97. The highest BCUT2D eigenvalue weighted by Crippen LogP contribution is 2.14. The summed E-state index contributed by atoms with van der Waals surface area (Å²) >= 11 is 0. The monoisotopic (exact) mass is 512 g/mol. The van der Waals surface area contributed by atoms with E-state index in [1.54, 1.807) is 0 Å². The third-order valence-corrected chi connectivity index (χ3v) is 5.19. The molecule has 0 spiro atoms. The molecule has 2 rings (SSSR count). The molecule has 0 fully saturated rings. The molecule has 1 heterocycles. The van der Waals surface area contributed by atoms with Crippen LogP contribution in [0.3, 0.4) is 0 Å². The molecule has 1 atom stereocenters. The Labute approximate surface area is 193 Å². The van der Waals surface area contributed by atoms with Crippen LogP contribution < -0.4 is 15.5 Å². The number of aryl methyl sites for hydroxylation is 2. The minimum atomic E-state index is 0. The summed E-state index contributed by atoms with van der Waals surface area (Å²) in [4.78, 5) is 6.66. The number of anilines is 1. The minimum Gasteiger partial charge on any atom is -0.375 e. The average molecular weight is 512 g/mol. The van der Waals surface area contributed by atoms with Crippen LogP contribution in [0.15, 0.2) is 35.3 Å². The largest absolute Gasteiger partial charge is 0.375 e. The predicted octanol–water partition coefficient (Wildman–Crippen LogP) is 3.67. The summed E-state index contributed by atoms with van der Waals surface area (Å²) in [6.07, 6.45) is 3.18. The van der Waals surface area contributed by atoms with Gasteiger partial charge >= 0.3 is 0 Å². The summed E-state index contributed by atoms with van der Waals surface area (Å²) in [5.41, 5.74) is 4.93. The SMILES string of the molecule is CN=C(NCCCCN(C)c1ccccc1)NC(C)Cc1c(C)nn(C)c1C.I. The maximum atomic E-state index is 4.51. The van der Waals surface area contributed by atoms with Crippen LogP contribution in [0, 0.1) is 13.8 Å². The smallest absolute Gasteiger partial charge is 0.191 e. The molecule has 0 aliphatic rings. The molecule has 0 saturated heterocycles. The number of halogens is 1. The molecule has 0 aliphatic heterocycles. The van der Waals surface area contributed by atoms with E-state index in [1.807, 2.05) is 18.8 Å². The number of hydrogen-bond acceptors (Lipinski definition) is 3. The second-order valence-corrected chi connectivity index (χ2v) is 7.49. The van der Waals surface area contributed by atoms with Gasteiger partial charge in [0.05, 0.1) is 5.69 Å². The van der Waals surface area contributed by atoms with E-state index in [0.29, 0.717) is 0 Å². The van der Waals surface area contributed by atoms with Gasteiger partial charge in [-0.2, -0.15) is 5.10 Å². The van der Waals surface area contributed by atoms with Gasteiger partial charge in [-0.25, -0.2) is 0 Å². The normalized spacial score (nSPS) is 12.3. The Balaban J connectivity index is 0.00000420. The van der Waals surface area contributed by atoms with Crippen molar-refractivity contribution in [1.82, 2.24) is 20.4 Å². The van der Waals surface area contributed by atoms with Gasteiger partial charge in [0.1, 0.15) is 0 Å². The summed E-state index contributed by atoms with van der Waals surface area (Å²) in [5.74, 6) is 0.864. The van der Waals surface area contributed by atoms with E-state index in [-0.39, 0.29) is 30.0 Å². The van der Waals surface area contributed by atoms with Crippen molar-refractivity contribution in [3.63, 3.8) is 0 Å². The summed E-state index contributed by atoms with van der Waals surface area (Å²) in [5, 5.41) is 11.4. The van der Waals surface area contributed by atoms with Crippen LogP contribution in [0.2, 0.25) is 0 Å². The number of nitrogens with one attached hydrogen (secondary N) is 2. The fourth-order valence-corrected chi connectivity index (χ4v) is 3.39. The Kier molecular flexibility index (Phi) is 11.1. The number of para-hydroxylation sites is 1. The van der Waals surface area contributed by atoms with Gasteiger partial charge in [0, 0.05) is 51.7 Å². The Morgan fingerprint density at radius 2 is 1.90 bits per heavy atom. The molecule has 7 heteroatoms. The Hall–Kier alpha value is -1.77. The van der Waals surface area contributed by atoms with Crippen molar-refractivity contribution in [2.24, 2.45) is 12.0 Å². The first-order chi connectivity index (χ1) is 13.4. The molecular formula is C22H37IN6. The highest BCUT2D eigenvalue weighted by atomic mass is 127. The lowest BCUT2D eigenvalue weighted by molar-refractivity contribution is 0.625. The van der Waals surface area contributed by atoms with Crippen LogP contribution in [-0.4, -0.2) is 49.0 Å². The van der Waals surface area contributed by atoms with Gasteiger partial charge in [0.25, 0.3) is 0 Å². The number of nitrogens with zero attached hydrogens (tertiary/aromatic N) is 4. The van der Waals surface area contributed by atoms with Gasteiger partial charge in [0.2, 0.25) is 0 Å². The lowest BCUT2D eigenvalue weighted by Crippen LogP contribution is -2.43.